The molecule has 4 aromatic rings. The predicted molar refractivity (Wildman–Crippen MR) is 152 cm³/mol. The fraction of sp³-hybridized carbons (Fsp3) is 0.207. The van der Waals surface area contributed by atoms with E-state index in [1.165, 1.54) is 16.4 Å². The van der Waals surface area contributed by atoms with Gasteiger partial charge >= 0.3 is 0 Å². The van der Waals surface area contributed by atoms with Gasteiger partial charge in [-0.2, -0.15) is 0 Å². The zero-order valence-electron chi connectivity index (χ0n) is 21.7. The Hall–Kier alpha value is -4.24. The highest BCUT2D eigenvalue weighted by Gasteiger charge is 2.23. The van der Waals surface area contributed by atoms with Gasteiger partial charge in [-0.05, 0) is 61.9 Å². The summed E-state index contributed by atoms with van der Waals surface area (Å²) in [6.45, 7) is 3.73. The number of rotatable bonds is 9. The van der Waals surface area contributed by atoms with E-state index < -0.39 is 5.25 Å². The van der Waals surface area contributed by atoms with Gasteiger partial charge in [-0.1, -0.05) is 37.3 Å². The van der Waals surface area contributed by atoms with Crippen molar-refractivity contribution in [1.29, 1.82) is 0 Å². The summed E-state index contributed by atoms with van der Waals surface area (Å²) < 4.78 is 8.46. The standard InChI is InChI=1S/C29H30N4O4S/c1-5-25(28(35)31-26-19(2)32(3)33(29(26)36)22-13-7-6-8-14-22)38-24-16-10-12-21(18-24)30-27(34)20-11-9-15-23(17-20)37-4/h6-18,25H,5H2,1-4H3,(H,30,34)(H,31,35). The van der Waals surface area contributed by atoms with Crippen molar-refractivity contribution < 1.29 is 14.3 Å². The minimum atomic E-state index is -0.441. The molecular formula is C29H30N4O4S. The maximum absolute atomic E-state index is 13.2. The van der Waals surface area contributed by atoms with Crippen molar-refractivity contribution >= 4 is 35.0 Å². The molecule has 0 saturated heterocycles. The van der Waals surface area contributed by atoms with E-state index >= 15 is 0 Å². The number of hydrogen-bond acceptors (Lipinski definition) is 5. The molecule has 38 heavy (non-hydrogen) atoms. The van der Waals surface area contributed by atoms with Gasteiger partial charge in [0.05, 0.1) is 23.7 Å². The SMILES string of the molecule is CCC(Sc1cccc(NC(=O)c2cccc(OC)c2)c1)C(=O)Nc1c(C)n(C)n(-c2ccccc2)c1=O. The fourth-order valence-corrected chi connectivity index (χ4v) is 5.03. The molecule has 0 bridgehead atoms. The lowest BCUT2D eigenvalue weighted by Crippen LogP contribution is -2.28. The van der Waals surface area contributed by atoms with Crippen molar-refractivity contribution in [2.45, 2.75) is 30.4 Å². The zero-order valence-corrected chi connectivity index (χ0v) is 22.5. The van der Waals surface area contributed by atoms with Crippen LogP contribution in [0.2, 0.25) is 0 Å². The lowest BCUT2D eigenvalue weighted by molar-refractivity contribution is -0.115. The molecule has 0 fully saturated rings. The summed E-state index contributed by atoms with van der Waals surface area (Å²) in [6.07, 6.45) is 0.551. The molecule has 1 aromatic heterocycles. The average Bonchev–Trinajstić information content (AvgIpc) is 3.15. The zero-order chi connectivity index (χ0) is 27.2. The van der Waals surface area contributed by atoms with Gasteiger partial charge < -0.3 is 15.4 Å². The molecule has 2 amide bonds. The van der Waals surface area contributed by atoms with Gasteiger partial charge in [-0.3, -0.25) is 19.1 Å². The van der Waals surface area contributed by atoms with Gasteiger partial charge in [0, 0.05) is 23.2 Å². The predicted octanol–water partition coefficient (Wildman–Crippen LogP) is 5.25. The van der Waals surface area contributed by atoms with Gasteiger partial charge in [0.2, 0.25) is 5.91 Å². The van der Waals surface area contributed by atoms with Crippen LogP contribution in [0.25, 0.3) is 5.69 Å². The third-order valence-electron chi connectivity index (χ3n) is 6.17. The van der Waals surface area contributed by atoms with E-state index in [9.17, 15) is 14.4 Å². The first-order chi connectivity index (χ1) is 18.3. The van der Waals surface area contributed by atoms with Gasteiger partial charge in [0.1, 0.15) is 11.4 Å². The smallest absolute Gasteiger partial charge is 0.295 e. The molecule has 2 N–H and O–H groups in total. The van der Waals surface area contributed by atoms with Crippen LogP contribution in [0.5, 0.6) is 5.75 Å². The van der Waals surface area contributed by atoms with Crippen molar-refractivity contribution in [3.05, 3.63) is 100 Å². The maximum Gasteiger partial charge on any atom is 0.295 e. The summed E-state index contributed by atoms with van der Waals surface area (Å²) >= 11 is 1.38. The van der Waals surface area contributed by atoms with Crippen molar-refractivity contribution in [2.24, 2.45) is 7.05 Å². The number of nitrogens with zero attached hydrogens (tertiary/aromatic N) is 2. The number of benzene rings is 3. The summed E-state index contributed by atoms with van der Waals surface area (Å²) in [6, 6.07) is 23.5. The van der Waals surface area contributed by atoms with Gasteiger partial charge in [-0.25, -0.2) is 4.68 Å². The highest BCUT2D eigenvalue weighted by atomic mass is 32.2. The first-order valence-electron chi connectivity index (χ1n) is 12.2. The number of hydrogen-bond donors (Lipinski definition) is 2. The van der Waals surface area contributed by atoms with Crippen LogP contribution in [-0.4, -0.2) is 33.5 Å². The number of amides is 2. The highest BCUT2D eigenvalue weighted by Crippen LogP contribution is 2.29. The van der Waals surface area contributed by atoms with Gasteiger partial charge in [0.25, 0.3) is 11.5 Å². The van der Waals surface area contributed by atoms with Crippen LogP contribution in [0.3, 0.4) is 0 Å². The normalized spacial score (nSPS) is 11.6. The number of carbonyl (C=O) groups excluding carboxylic acids is 2. The van der Waals surface area contributed by atoms with Crippen molar-refractivity contribution in [3.63, 3.8) is 0 Å². The Morgan fingerprint density at radius 3 is 2.42 bits per heavy atom. The lowest BCUT2D eigenvalue weighted by atomic mass is 10.2. The second-order valence-corrected chi connectivity index (χ2v) is 9.93. The Morgan fingerprint density at radius 2 is 1.71 bits per heavy atom. The molecule has 8 nitrogen and oxygen atoms in total. The Labute approximate surface area is 225 Å². The summed E-state index contributed by atoms with van der Waals surface area (Å²) in [5.41, 5.74) is 2.45. The van der Waals surface area contributed by atoms with Crippen molar-refractivity contribution in [2.75, 3.05) is 17.7 Å². The Kier molecular flexibility index (Phi) is 8.38. The number of para-hydroxylation sites is 1. The number of nitrogens with one attached hydrogen (secondary N) is 2. The lowest BCUT2D eigenvalue weighted by Gasteiger charge is -2.15. The molecule has 1 unspecified atom stereocenters. The number of aromatic nitrogens is 2. The molecule has 1 atom stereocenters. The van der Waals surface area contributed by atoms with Gasteiger partial charge in [0.15, 0.2) is 0 Å². The molecule has 9 heteroatoms. The topological polar surface area (TPSA) is 94.4 Å². The number of thioether (sulfide) groups is 1. The van der Waals surface area contributed by atoms with Gasteiger partial charge in [-0.15, -0.1) is 11.8 Å². The summed E-state index contributed by atoms with van der Waals surface area (Å²) in [5.74, 6) is 0.0855. The van der Waals surface area contributed by atoms with Crippen LogP contribution in [0.1, 0.15) is 29.4 Å². The van der Waals surface area contributed by atoms with Crippen LogP contribution in [0.4, 0.5) is 11.4 Å². The molecule has 3 aromatic carbocycles. The third kappa shape index (κ3) is 5.84. The average molecular weight is 531 g/mol. The van der Waals surface area contributed by atoms with E-state index in [1.54, 1.807) is 56.1 Å². The maximum atomic E-state index is 13.2. The number of methoxy groups -OCH3 is 1. The molecule has 0 aliphatic carbocycles. The van der Waals surface area contributed by atoms with E-state index in [1.807, 2.05) is 55.5 Å². The van der Waals surface area contributed by atoms with E-state index in [0.29, 0.717) is 29.1 Å². The molecule has 0 aliphatic heterocycles. The van der Waals surface area contributed by atoms with Crippen molar-refractivity contribution in [1.82, 2.24) is 9.36 Å². The Morgan fingerprint density at radius 1 is 0.974 bits per heavy atom. The monoisotopic (exact) mass is 530 g/mol. The molecular weight excluding hydrogens is 500 g/mol. The number of carbonyl (C=O) groups is 2. The first kappa shape index (κ1) is 26.8. The highest BCUT2D eigenvalue weighted by molar-refractivity contribution is 8.00. The molecule has 1 heterocycles. The molecule has 196 valence electrons. The van der Waals surface area contributed by atoms with Crippen LogP contribution in [0.15, 0.2) is 88.6 Å². The summed E-state index contributed by atoms with van der Waals surface area (Å²) in [7, 11) is 3.34. The van der Waals surface area contributed by atoms with Crippen molar-refractivity contribution in [3.8, 4) is 11.4 Å². The second-order valence-electron chi connectivity index (χ2n) is 8.65. The first-order valence-corrected chi connectivity index (χ1v) is 13.1. The number of ether oxygens (including phenoxy) is 1. The van der Waals surface area contributed by atoms with Crippen LogP contribution in [-0.2, 0) is 11.8 Å². The Balaban J connectivity index is 1.48. The molecule has 4 rings (SSSR count). The van der Waals surface area contributed by atoms with E-state index in [2.05, 4.69) is 10.6 Å². The third-order valence-corrected chi connectivity index (χ3v) is 7.53. The van der Waals surface area contributed by atoms with E-state index in [0.717, 1.165) is 10.6 Å². The fourth-order valence-electron chi connectivity index (χ4n) is 4.02. The van der Waals surface area contributed by atoms with E-state index in [-0.39, 0.29) is 23.1 Å². The molecule has 0 spiro atoms. The second kappa shape index (κ2) is 11.9. The van der Waals surface area contributed by atoms with Crippen LogP contribution in [0, 0.1) is 6.92 Å². The quantitative estimate of drug-likeness (QED) is 0.288. The molecule has 0 radical (unpaired) electrons. The van der Waals surface area contributed by atoms with E-state index in [4.69, 9.17) is 4.74 Å². The van der Waals surface area contributed by atoms with Crippen LogP contribution < -0.4 is 20.9 Å². The minimum Gasteiger partial charge on any atom is -0.497 e. The van der Waals surface area contributed by atoms with Crippen LogP contribution >= 0.6 is 11.8 Å². The Bertz CT molecular complexity index is 1510. The summed E-state index contributed by atoms with van der Waals surface area (Å²) in [4.78, 5) is 40.0. The summed E-state index contributed by atoms with van der Waals surface area (Å²) in [5, 5.41) is 5.32. The number of anilines is 2. The minimum absolute atomic E-state index is 0.255. The largest absolute Gasteiger partial charge is 0.497 e. The molecule has 0 aliphatic rings. The molecule has 0 saturated carbocycles.